The van der Waals surface area contributed by atoms with Gasteiger partial charge >= 0.3 is 0 Å². The molecule has 0 saturated carbocycles. The molecule has 0 radical (unpaired) electrons. The minimum absolute atomic E-state index is 0.0605. The molecule has 0 aliphatic carbocycles. The van der Waals surface area contributed by atoms with Crippen LogP contribution in [0.15, 0.2) is 0 Å². The van der Waals surface area contributed by atoms with Crippen LogP contribution >= 0.6 is 11.3 Å². The number of halogens is 1. The average Bonchev–Trinajstić information content (AvgIpc) is 2.27. The van der Waals surface area contributed by atoms with E-state index in [0.717, 1.165) is 9.88 Å². The third-order valence-corrected chi connectivity index (χ3v) is 3.79. The van der Waals surface area contributed by atoms with Gasteiger partial charge in [0.25, 0.3) is 0 Å². The van der Waals surface area contributed by atoms with E-state index in [4.69, 9.17) is 0 Å². The highest BCUT2D eigenvalue weighted by Crippen LogP contribution is 2.35. The van der Waals surface area contributed by atoms with E-state index < -0.39 is 0 Å². The zero-order chi connectivity index (χ0) is 11.1. The van der Waals surface area contributed by atoms with Gasteiger partial charge in [-0.15, -0.1) is 11.3 Å². The highest BCUT2D eigenvalue weighted by molar-refractivity contribution is 7.12. The molecular weight excluding hydrogens is 197 g/mol. The van der Waals surface area contributed by atoms with Gasteiger partial charge in [0.1, 0.15) is 5.01 Å². The molecule has 1 rings (SSSR count). The summed E-state index contributed by atoms with van der Waals surface area (Å²) in [7, 11) is 0. The van der Waals surface area contributed by atoms with Crippen LogP contribution in [0, 0.1) is 5.95 Å². The first kappa shape index (κ1) is 11.6. The molecule has 14 heavy (non-hydrogen) atoms. The van der Waals surface area contributed by atoms with Crippen LogP contribution in [0.25, 0.3) is 0 Å². The smallest absolute Gasteiger partial charge is 0.212 e. The Bertz CT molecular complexity index is 328. The fourth-order valence-corrected chi connectivity index (χ4v) is 2.15. The Morgan fingerprint density at radius 3 is 1.71 bits per heavy atom. The fourth-order valence-electron chi connectivity index (χ4n) is 1.08. The Morgan fingerprint density at radius 2 is 1.50 bits per heavy atom. The minimum Gasteiger partial charge on any atom is -0.212 e. The van der Waals surface area contributed by atoms with E-state index in [1.54, 1.807) is 0 Å². The molecule has 0 saturated heterocycles. The maximum absolute atomic E-state index is 13.5. The SMILES string of the molecule is CC(C)(C)c1nc(F)c(C(C)(C)C)s1. The minimum atomic E-state index is -0.299. The van der Waals surface area contributed by atoms with Crippen molar-refractivity contribution >= 4 is 11.3 Å². The topological polar surface area (TPSA) is 12.9 Å². The van der Waals surface area contributed by atoms with E-state index >= 15 is 0 Å². The van der Waals surface area contributed by atoms with Crippen molar-refractivity contribution in [1.82, 2.24) is 4.98 Å². The number of rotatable bonds is 0. The second-order valence-electron chi connectivity index (χ2n) is 5.64. The molecule has 0 fully saturated rings. The van der Waals surface area contributed by atoms with Crippen molar-refractivity contribution in [3.8, 4) is 0 Å². The molecule has 0 aliphatic rings. The lowest BCUT2D eigenvalue weighted by Crippen LogP contribution is -2.10. The van der Waals surface area contributed by atoms with E-state index in [2.05, 4.69) is 25.8 Å². The lowest BCUT2D eigenvalue weighted by molar-refractivity contribution is 0.504. The number of hydrogen-bond acceptors (Lipinski definition) is 2. The number of nitrogens with zero attached hydrogens (tertiary/aromatic N) is 1. The normalized spacial score (nSPS) is 13.4. The van der Waals surface area contributed by atoms with Gasteiger partial charge in [-0.1, -0.05) is 41.5 Å². The van der Waals surface area contributed by atoms with Crippen molar-refractivity contribution in [2.75, 3.05) is 0 Å². The third-order valence-electron chi connectivity index (χ3n) is 1.91. The van der Waals surface area contributed by atoms with Crippen LogP contribution in [0.2, 0.25) is 0 Å². The second-order valence-corrected chi connectivity index (χ2v) is 6.64. The summed E-state index contributed by atoms with van der Waals surface area (Å²) in [5.41, 5.74) is -0.208. The molecule has 0 atom stereocenters. The van der Waals surface area contributed by atoms with Gasteiger partial charge in [0.2, 0.25) is 5.95 Å². The summed E-state index contributed by atoms with van der Waals surface area (Å²) in [5, 5.41) is 0.875. The summed E-state index contributed by atoms with van der Waals surface area (Å²) in [6.45, 7) is 12.2. The summed E-state index contributed by atoms with van der Waals surface area (Å²) in [6, 6.07) is 0. The molecule has 0 aliphatic heterocycles. The Morgan fingerprint density at radius 1 is 1.00 bits per heavy atom. The van der Waals surface area contributed by atoms with Crippen LogP contribution in [0.4, 0.5) is 4.39 Å². The standard InChI is InChI=1S/C11H18FNS/c1-10(2,3)7-8(12)13-9(14-7)11(4,5)6/h1-6H3. The average molecular weight is 215 g/mol. The van der Waals surface area contributed by atoms with Crippen molar-refractivity contribution in [2.24, 2.45) is 0 Å². The largest absolute Gasteiger partial charge is 0.227 e. The van der Waals surface area contributed by atoms with E-state index in [-0.39, 0.29) is 16.8 Å². The molecule has 0 aromatic carbocycles. The van der Waals surface area contributed by atoms with Crippen molar-refractivity contribution in [3.05, 3.63) is 15.8 Å². The summed E-state index contributed by atoms with van der Waals surface area (Å²) in [6.07, 6.45) is 0. The van der Waals surface area contributed by atoms with Crippen LogP contribution in [-0.4, -0.2) is 4.98 Å². The second kappa shape index (κ2) is 3.30. The number of hydrogen-bond donors (Lipinski definition) is 0. The summed E-state index contributed by atoms with van der Waals surface area (Å²) >= 11 is 1.49. The molecule has 3 heteroatoms. The first-order chi connectivity index (χ1) is 6.12. The van der Waals surface area contributed by atoms with E-state index in [1.807, 2.05) is 20.8 Å². The van der Waals surface area contributed by atoms with Crippen molar-refractivity contribution in [1.29, 1.82) is 0 Å². The highest BCUT2D eigenvalue weighted by atomic mass is 32.1. The molecule has 0 amide bonds. The summed E-state index contributed by atoms with van der Waals surface area (Å²) in [4.78, 5) is 4.75. The molecule has 1 aromatic heterocycles. The van der Waals surface area contributed by atoms with Gasteiger partial charge in [-0.2, -0.15) is 4.39 Å². The zero-order valence-electron chi connectivity index (χ0n) is 9.73. The predicted octanol–water partition coefficient (Wildman–Crippen LogP) is 3.88. The monoisotopic (exact) mass is 215 g/mol. The Kier molecular flexibility index (Phi) is 2.74. The Hall–Kier alpha value is -0.440. The first-order valence-electron chi connectivity index (χ1n) is 4.79. The van der Waals surface area contributed by atoms with Crippen LogP contribution in [-0.2, 0) is 10.8 Å². The van der Waals surface area contributed by atoms with Gasteiger partial charge in [0, 0.05) is 10.8 Å². The predicted molar refractivity (Wildman–Crippen MR) is 59.5 cm³/mol. The van der Waals surface area contributed by atoms with Crippen molar-refractivity contribution < 1.29 is 4.39 Å². The molecule has 0 spiro atoms. The molecular formula is C11H18FNS. The van der Waals surface area contributed by atoms with Gasteiger partial charge < -0.3 is 0 Å². The molecule has 80 valence electrons. The van der Waals surface area contributed by atoms with E-state index in [0.29, 0.717) is 0 Å². The molecule has 1 aromatic rings. The quantitative estimate of drug-likeness (QED) is 0.640. The highest BCUT2D eigenvalue weighted by Gasteiger charge is 2.27. The van der Waals surface area contributed by atoms with Crippen LogP contribution in [0.3, 0.4) is 0 Å². The molecule has 0 unspecified atom stereocenters. The van der Waals surface area contributed by atoms with Crippen LogP contribution in [0.5, 0.6) is 0 Å². The molecule has 1 heterocycles. The summed E-state index contributed by atoms with van der Waals surface area (Å²) in [5.74, 6) is -0.299. The van der Waals surface area contributed by atoms with Gasteiger partial charge in [-0.05, 0) is 0 Å². The van der Waals surface area contributed by atoms with E-state index in [1.165, 1.54) is 11.3 Å². The Balaban J connectivity index is 3.19. The lowest BCUT2D eigenvalue weighted by Gasteiger charge is -2.16. The lowest BCUT2D eigenvalue weighted by atomic mass is 9.95. The van der Waals surface area contributed by atoms with E-state index in [9.17, 15) is 4.39 Å². The van der Waals surface area contributed by atoms with Crippen molar-refractivity contribution in [3.63, 3.8) is 0 Å². The fraction of sp³-hybridized carbons (Fsp3) is 0.727. The molecule has 0 bridgehead atoms. The number of aromatic nitrogens is 1. The molecule has 1 nitrogen and oxygen atoms in total. The first-order valence-corrected chi connectivity index (χ1v) is 5.61. The third kappa shape index (κ3) is 2.32. The Labute approximate surface area is 89.4 Å². The van der Waals surface area contributed by atoms with Crippen molar-refractivity contribution in [2.45, 2.75) is 52.4 Å². The van der Waals surface area contributed by atoms with Gasteiger partial charge in [-0.3, -0.25) is 0 Å². The maximum Gasteiger partial charge on any atom is 0.227 e. The van der Waals surface area contributed by atoms with Gasteiger partial charge in [0.15, 0.2) is 0 Å². The van der Waals surface area contributed by atoms with Gasteiger partial charge in [-0.25, -0.2) is 4.98 Å². The van der Waals surface area contributed by atoms with Crippen LogP contribution in [0.1, 0.15) is 51.4 Å². The van der Waals surface area contributed by atoms with Gasteiger partial charge in [0.05, 0.1) is 4.88 Å². The van der Waals surface area contributed by atoms with Crippen LogP contribution < -0.4 is 0 Å². The summed E-state index contributed by atoms with van der Waals surface area (Å²) < 4.78 is 13.5. The zero-order valence-corrected chi connectivity index (χ0v) is 10.5. The number of thiazole rings is 1. The maximum atomic E-state index is 13.5. The molecule has 0 N–H and O–H groups in total.